The topological polar surface area (TPSA) is 55.8 Å². The van der Waals surface area contributed by atoms with Gasteiger partial charge in [-0.1, -0.05) is 41.4 Å². The van der Waals surface area contributed by atoms with Gasteiger partial charge in [0.15, 0.2) is 11.5 Å². The maximum absolute atomic E-state index is 10.6. The Labute approximate surface area is 139 Å². The monoisotopic (exact) mass is 332 g/mol. The highest BCUT2D eigenvalue weighted by Crippen LogP contribution is 2.37. The molecular weight excluding hydrogens is 316 g/mol. The van der Waals surface area contributed by atoms with E-state index in [4.69, 9.17) is 26.2 Å². The second-order valence-corrected chi connectivity index (χ2v) is 5.39. The summed E-state index contributed by atoms with van der Waals surface area (Å²) in [5.41, 5.74) is 2.82. The van der Waals surface area contributed by atoms with Gasteiger partial charge in [-0.25, -0.2) is 4.79 Å². The SMILES string of the molecule is COc1cc(/C=C/C(=O)O)cc(Cl)c1OCc1ccc(C)cc1. The van der Waals surface area contributed by atoms with Gasteiger partial charge < -0.3 is 14.6 Å². The summed E-state index contributed by atoms with van der Waals surface area (Å²) < 4.78 is 11.1. The predicted molar refractivity (Wildman–Crippen MR) is 90.2 cm³/mol. The highest BCUT2D eigenvalue weighted by Gasteiger charge is 2.11. The number of aliphatic carboxylic acids is 1. The second kappa shape index (κ2) is 7.70. The summed E-state index contributed by atoms with van der Waals surface area (Å²) in [7, 11) is 1.51. The molecule has 1 N–H and O–H groups in total. The predicted octanol–water partition coefficient (Wildman–Crippen LogP) is 4.33. The van der Waals surface area contributed by atoms with Gasteiger partial charge in [0.05, 0.1) is 12.1 Å². The van der Waals surface area contributed by atoms with Crippen LogP contribution in [0.5, 0.6) is 11.5 Å². The van der Waals surface area contributed by atoms with E-state index in [9.17, 15) is 4.79 Å². The number of rotatable bonds is 6. The van der Waals surface area contributed by atoms with Crippen molar-refractivity contribution in [3.8, 4) is 11.5 Å². The van der Waals surface area contributed by atoms with Crippen LogP contribution in [0.15, 0.2) is 42.5 Å². The number of hydrogen-bond donors (Lipinski definition) is 1. The van der Waals surface area contributed by atoms with Crippen molar-refractivity contribution in [2.45, 2.75) is 13.5 Å². The molecule has 0 fully saturated rings. The lowest BCUT2D eigenvalue weighted by Gasteiger charge is -2.13. The summed E-state index contributed by atoms with van der Waals surface area (Å²) in [6, 6.07) is 11.3. The van der Waals surface area contributed by atoms with Crippen molar-refractivity contribution in [1.82, 2.24) is 0 Å². The second-order valence-electron chi connectivity index (χ2n) is 4.98. The molecule has 120 valence electrons. The molecule has 5 heteroatoms. The van der Waals surface area contributed by atoms with Gasteiger partial charge in [0.2, 0.25) is 0 Å². The zero-order valence-electron chi connectivity index (χ0n) is 12.9. The molecule has 0 aromatic heterocycles. The number of aryl methyl sites for hydroxylation is 1. The molecule has 0 aliphatic heterocycles. The van der Waals surface area contributed by atoms with Crippen LogP contribution in [0.4, 0.5) is 0 Å². The molecule has 0 saturated heterocycles. The van der Waals surface area contributed by atoms with E-state index < -0.39 is 5.97 Å². The Bertz CT molecular complexity index is 721. The van der Waals surface area contributed by atoms with E-state index in [1.54, 1.807) is 12.1 Å². The van der Waals surface area contributed by atoms with Gasteiger partial charge in [0, 0.05) is 6.08 Å². The summed E-state index contributed by atoms with van der Waals surface area (Å²) in [6.45, 7) is 2.38. The first-order valence-corrected chi connectivity index (χ1v) is 7.34. The fourth-order valence-electron chi connectivity index (χ4n) is 1.98. The van der Waals surface area contributed by atoms with Gasteiger partial charge in [-0.3, -0.25) is 0 Å². The smallest absolute Gasteiger partial charge is 0.328 e. The first-order chi connectivity index (χ1) is 11.0. The van der Waals surface area contributed by atoms with E-state index in [1.807, 2.05) is 31.2 Å². The van der Waals surface area contributed by atoms with Crippen LogP contribution in [0, 0.1) is 6.92 Å². The third-order valence-corrected chi connectivity index (χ3v) is 3.45. The van der Waals surface area contributed by atoms with E-state index in [2.05, 4.69) is 0 Å². The lowest BCUT2D eigenvalue weighted by Crippen LogP contribution is -1.99. The molecule has 0 heterocycles. The number of hydrogen-bond acceptors (Lipinski definition) is 3. The largest absolute Gasteiger partial charge is 0.493 e. The molecule has 0 unspecified atom stereocenters. The standard InChI is InChI=1S/C18H17ClO4/c1-12-3-5-13(6-4-12)11-23-18-15(19)9-14(7-8-17(20)21)10-16(18)22-2/h3-10H,11H2,1-2H3,(H,20,21)/b8-7+. The van der Waals surface area contributed by atoms with Crippen molar-refractivity contribution in [3.05, 3.63) is 64.2 Å². The minimum Gasteiger partial charge on any atom is -0.493 e. The Kier molecular flexibility index (Phi) is 5.66. The van der Waals surface area contributed by atoms with Crippen molar-refractivity contribution in [3.63, 3.8) is 0 Å². The summed E-state index contributed by atoms with van der Waals surface area (Å²) in [5, 5.41) is 9.04. The number of carboxylic acid groups (broad SMARTS) is 1. The minimum atomic E-state index is -1.03. The molecule has 4 nitrogen and oxygen atoms in total. The van der Waals surface area contributed by atoms with Gasteiger partial charge in [0.1, 0.15) is 6.61 Å². The quantitative estimate of drug-likeness (QED) is 0.800. The highest BCUT2D eigenvalue weighted by atomic mass is 35.5. The number of benzene rings is 2. The highest BCUT2D eigenvalue weighted by molar-refractivity contribution is 6.32. The molecule has 23 heavy (non-hydrogen) atoms. The van der Waals surface area contributed by atoms with Crippen LogP contribution in [0.25, 0.3) is 6.08 Å². The average molecular weight is 333 g/mol. The Balaban J connectivity index is 2.20. The van der Waals surface area contributed by atoms with E-state index in [0.717, 1.165) is 11.6 Å². The minimum absolute atomic E-state index is 0.362. The fourth-order valence-corrected chi connectivity index (χ4v) is 2.26. The maximum Gasteiger partial charge on any atom is 0.328 e. The fraction of sp³-hybridized carbons (Fsp3) is 0.167. The summed E-state index contributed by atoms with van der Waals surface area (Å²) in [4.78, 5) is 10.6. The van der Waals surface area contributed by atoms with Crippen LogP contribution in [-0.4, -0.2) is 18.2 Å². The lowest BCUT2D eigenvalue weighted by molar-refractivity contribution is -0.131. The summed E-state index contributed by atoms with van der Waals surface area (Å²) in [5.74, 6) is -0.142. The van der Waals surface area contributed by atoms with Crippen LogP contribution >= 0.6 is 11.6 Å². The molecule has 0 radical (unpaired) electrons. The average Bonchev–Trinajstić information content (AvgIpc) is 2.53. The maximum atomic E-state index is 10.6. The van der Waals surface area contributed by atoms with Crippen molar-refractivity contribution in [2.24, 2.45) is 0 Å². The van der Waals surface area contributed by atoms with Crippen molar-refractivity contribution in [1.29, 1.82) is 0 Å². The van der Waals surface area contributed by atoms with Crippen LogP contribution in [0.1, 0.15) is 16.7 Å². The number of carboxylic acids is 1. The molecule has 0 aliphatic carbocycles. The zero-order valence-corrected chi connectivity index (χ0v) is 13.6. The molecule has 0 spiro atoms. The third kappa shape index (κ3) is 4.76. The molecular formula is C18H17ClO4. The first-order valence-electron chi connectivity index (χ1n) is 6.96. The number of carbonyl (C=O) groups is 1. The number of halogens is 1. The van der Waals surface area contributed by atoms with Crippen molar-refractivity contribution < 1.29 is 19.4 Å². The molecule has 2 rings (SSSR count). The molecule has 0 amide bonds. The van der Waals surface area contributed by atoms with Gasteiger partial charge >= 0.3 is 5.97 Å². The molecule has 0 saturated carbocycles. The van der Waals surface area contributed by atoms with E-state index >= 15 is 0 Å². The zero-order chi connectivity index (χ0) is 16.8. The first kappa shape index (κ1) is 16.9. The Morgan fingerprint density at radius 2 is 1.96 bits per heavy atom. The molecule has 0 atom stereocenters. The van der Waals surface area contributed by atoms with Gasteiger partial charge in [-0.2, -0.15) is 0 Å². The van der Waals surface area contributed by atoms with Gasteiger partial charge in [0.25, 0.3) is 0 Å². The van der Waals surface area contributed by atoms with Crippen LogP contribution in [-0.2, 0) is 11.4 Å². The van der Waals surface area contributed by atoms with Crippen LogP contribution < -0.4 is 9.47 Å². The summed E-state index contributed by atoms with van der Waals surface area (Å²) in [6.07, 6.45) is 2.48. The van der Waals surface area contributed by atoms with Crippen LogP contribution in [0.2, 0.25) is 5.02 Å². The van der Waals surface area contributed by atoms with Crippen molar-refractivity contribution >= 4 is 23.6 Å². The van der Waals surface area contributed by atoms with Crippen LogP contribution in [0.3, 0.4) is 0 Å². The van der Waals surface area contributed by atoms with Crippen molar-refractivity contribution in [2.75, 3.05) is 7.11 Å². The molecule has 2 aromatic rings. The van der Waals surface area contributed by atoms with Gasteiger partial charge in [-0.05, 0) is 36.3 Å². The van der Waals surface area contributed by atoms with E-state index in [0.29, 0.717) is 28.7 Å². The Morgan fingerprint density at radius 3 is 2.57 bits per heavy atom. The van der Waals surface area contributed by atoms with Gasteiger partial charge in [-0.15, -0.1) is 0 Å². The van der Waals surface area contributed by atoms with E-state index in [1.165, 1.54) is 18.7 Å². The molecule has 0 aliphatic rings. The summed E-state index contributed by atoms with van der Waals surface area (Å²) >= 11 is 6.23. The number of methoxy groups -OCH3 is 1. The normalized spacial score (nSPS) is 10.7. The third-order valence-electron chi connectivity index (χ3n) is 3.17. The Morgan fingerprint density at radius 1 is 1.26 bits per heavy atom. The lowest BCUT2D eigenvalue weighted by atomic mass is 10.1. The molecule has 2 aromatic carbocycles. The molecule has 0 bridgehead atoms. The van der Waals surface area contributed by atoms with E-state index in [-0.39, 0.29) is 0 Å². The number of ether oxygens (including phenoxy) is 2. The Hall–Kier alpha value is -2.46.